The minimum Gasteiger partial charge on any atom is -0.872 e. The second-order valence-corrected chi connectivity index (χ2v) is 9.68. The van der Waals surface area contributed by atoms with Gasteiger partial charge in [-0.05, 0) is 69.4 Å². The molecule has 2 aromatic carbocycles. The molecule has 2 atom stereocenters. The molecule has 3 heterocycles. The molecule has 5 rings (SSSR count). The lowest BCUT2D eigenvalue weighted by molar-refractivity contribution is -0.378. The Bertz CT molecular complexity index is 1400. The highest BCUT2D eigenvalue weighted by Gasteiger charge is 2.44. The van der Waals surface area contributed by atoms with Crippen molar-refractivity contribution in [2.75, 3.05) is 7.11 Å². The van der Waals surface area contributed by atoms with E-state index in [-0.39, 0.29) is 29.7 Å². The molecule has 0 bridgehead atoms. The number of amides is 1. The highest BCUT2D eigenvalue weighted by molar-refractivity contribution is 9.10. The number of likely N-dealkylation sites (tertiary alicyclic amines) is 1. The van der Waals surface area contributed by atoms with Crippen LogP contribution in [0.3, 0.4) is 0 Å². The molecule has 2 aliphatic rings. The third-order valence-corrected chi connectivity index (χ3v) is 7.02. The van der Waals surface area contributed by atoms with Crippen molar-refractivity contribution in [1.82, 2.24) is 4.90 Å². The van der Waals surface area contributed by atoms with Crippen molar-refractivity contribution in [2.45, 2.75) is 32.0 Å². The van der Waals surface area contributed by atoms with Crippen LogP contribution in [0.4, 0.5) is 0 Å². The molecular weight excluding hydrogens is 528 g/mol. The third-order valence-electron chi connectivity index (χ3n) is 6.41. The van der Waals surface area contributed by atoms with E-state index >= 15 is 0 Å². The van der Waals surface area contributed by atoms with Crippen LogP contribution in [0.15, 0.2) is 64.9 Å². The van der Waals surface area contributed by atoms with Gasteiger partial charge in [0, 0.05) is 30.7 Å². The number of phenols is 1. The molecule has 1 saturated heterocycles. The maximum atomic E-state index is 13.8. The number of nitrogens with one attached hydrogen (secondary N) is 1. The number of aromatic nitrogens is 1. The first-order valence-corrected chi connectivity index (χ1v) is 12.2. The summed E-state index contributed by atoms with van der Waals surface area (Å²) in [7, 11) is 1.40. The van der Waals surface area contributed by atoms with Crippen LogP contribution < -0.4 is 19.6 Å². The summed E-state index contributed by atoms with van der Waals surface area (Å²) in [6.07, 6.45) is 4.09. The summed E-state index contributed by atoms with van der Waals surface area (Å²) in [5, 5.41) is 24.1. The molecule has 2 N–H and O–H groups in total. The fourth-order valence-corrected chi connectivity index (χ4v) is 5.19. The number of hydrogen-bond donors (Lipinski definition) is 1. The monoisotopic (exact) mass is 550 g/mol. The first-order valence-electron chi connectivity index (χ1n) is 11.4. The van der Waals surface area contributed by atoms with Gasteiger partial charge < -0.3 is 24.6 Å². The minimum absolute atomic E-state index is 0.000800. The molecule has 1 amide bonds. The van der Waals surface area contributed by atoms with Gasteiger partial charge in [-0.3, -0.25) is 9.59 Å². The van der Waals surface area contributed by atoms with E-state index < -0.39 is 23.5 Å². The van der Waals surface area contributed by atoms with Gasteiger partial charge in [-0.1, -0.05) is 11.8 Å². The van der Waals surface area contributed by atoms with E-state index in [9.17, 15) is 19.8 Å². The van der Waals surface area contributed by atoms with Gasteiger partial charge in [-0.25, -0.2) is 4.98 Å². The minimum atomic E-state index is -0.976. The number of benzene rings is 2. The Kier molecular flexibility index (Phi) is 6.17. The number of halogens is 1. The largest absolute Gasteiger partial charge is 0.872 e. The van der Waals surface area contributed by atoms with Crippen LogP contribution in [-0.4, -0.2) is 34.9 Å². The summed E-state index contributed by atoms with van der Waals surface area (Å²) in [6.45, 7) is 2.05. The third kappa shape index (κ3) is 4.09. The second-order valence-electron chi connectivity index (χ2n) is 8.82. The number of pyridine rings is 1. The van der Waals surface area contributed by atoms with Crippen LogP contribution in [0.2, 0.25) is 0 Å². The molecule has 2 unspecified atom stereocenters. The van der Waals surface area contributed by atoms with Crippen LogP contribution in [0.25, 0.3) is 5.76 Å². The lowest BCUT2D eigenvalue weighted by Crippen LogP contribution is -2.29. The van der Waals surface area contributed by atoms with Crippen LogP contribution in [-0.2, 0) is 22.6 Å². The normalized spacial score (nSPS) is 20.4. The number of aromatic hydroxyl groups is 1. The fraction of sp³-hybridized carbons (Fsp3) is 0.222. The van der Waals surface area contributed by atoms with Gasteiger partial charge in [-0.15, -0.1) is 0 Å². The highest BCUT2D eigenvalue weighted by Crippen LogP contribution is 2.44. The molecule has 184 valence electrons. The zero-order chi connectivity index (χ0) is 25.6. The summed E-state index contributed by atoms with van der Waals surface area (Å²) in [4.78, 5) is 30.9. The number of phenolic OH excluding ortho intramolecular Hbond substituents is 1. The molecule has 3 aromatic rings. The zero-order valence-corrected chi connectivity index (χ0v) is 21.2. The maximum Gasteiger partial charge on any atom is 0.295 e. The summed E-state index contributed by atoms with van der Waals surface area (Å²) in [5.74, 6) is -1.39. The SMILES string of the molecule is COc1cc(C2/C(=C(\[O-])c3ccc4c(c3)CC(C)O4)C(=O)C(=O)N2Cc2cc[nH+]cc2)cc(Br)c1O. The fourth-order valence-electron chi connectivity index (χ4n) is 4.73. The second kappa shape index (κ2) is 9.31. The standard InChI is InChI=1S/C27H23BrN2O6/c1-14-9-17-10-16(3-4-20(17)36-14)24(31)22-23(18-11-19(28)25(32)21(12-18)35-2)30(27(34)26(22)33)13-15-5-7-29-8-6-15/h3-8,10-12,14,23,31-32H,9,13H2,1-2H3/b24-22+. The van der Waals surface area contributed by atoms with E-state index in [1.807, 2.05) is 6.92 Å². The van der Waals surface area contributed by atoms with Crippen LogP contribution in [0, 0.1) is 0 Å². The Morgan fingerprint density at radius 1 is 1.22 bits per heavy atom. The average Bonchev–Trinajstić information content (AvgIpc) is 3.37. The summed E-state index contributed by atoms with van der Waals surface area (Å²) < 4.78 is 11.3. The van der Waals surface area contributed by atoms with E-state index in [1.54, 1.807) is 48.8 Å². The molecule has 2 aliphatic heterocycles. The van der Waals surface area contributed by atoms with Gasteiger partial charge in [0.2, 0.25) is 5.78 Å². The molecular formula is C27H23BrN2O6. The van der Waals surface area contributed by atoms with Gasteiger partial charge in [0.05, 0.1) is 17.6 Å². The first kappa shape index (κ1) is 23.9. The number of aromatic amines is 1. The van der Waals surface area contributed by atoms with Gasteiger partial charge >= 0.3 is 0 Å². The van der Waals surface area contributed by atoms with Gasteiger partial charge in [0.15, 0.2) is 23.9 Å². The highest BCUT2D eigenvalue weighted by atomic mass is 79.9. The predicted molar refractivity (Wildman–Crippen MR) is 131 cm³/mol. The Hall–Kier alpha value is -3.85. The topological polar surface area (TPSA) is 113 Å². The molecule has 1 aromatic heterocycles. The Morgan fingerprint density at radius 2 is 1.97 bits per heavy atom. The number of fused-ring (bicyclic) bond motifs is 1. The number of nitrogens with zero attached hydrogens (tertiary/aromatic N) is 1. The summed E-state index contributed by atoms with van der Waals surface area (Å²) in [6, 6.07) is 10.8. The predicted octanol–water partition coefficient (Wildman–Crippen LogP) is 2.73. The Balaban J connectivity index is 1.68. The lowest BCUT2D eigenvalue weighted by atomic mass is 9.94. The van der Waals surface area contributed by atoms with E-state index in [2.05, 4.69) is 20.9 Å². The summed E-state index contributed by atoms with van der Waals surface area (Å²) >= 11 is 3.31. The number of ketones is 1. The van der Waals surface area contributed by atoms with Crippen molar-refractivity contribution in [2.24, 2.45) is 0 Å². The van der Waals surface area contributed by atoms with Crippen molar-refractivity contribution >= 4 is 33.4 Å². The van der Waals surface area contributed by atoms with Crippen molar-refractivity contribution in [3.05, 3.63) is 87.2 Å². The Morgan fingerprint density at radius 3 is 2.69 bits per heavy atom. The van der Waals surface area contributed by atoms with Crippen LogP contribution in [0.1, 0.15) is 35.2 Å². The number of methoxy groups -OCH3 is 1. The van der Waals surface area contributed by atoms with E-state index in [4.69, 9.17) is 9.47 Å². The van der Waals surface area contributed by atoms with Crippen LogP contribution in [0.5, 0.6) is 17.2 Å². The molecule has 36 heavy (non-hydrogen) atoms. The molecule has 0 saturated carbocycles. The van der Waals surface area contributed by atoms with Gasteiger partial charge in [-0.2, -0.15) is 0 Å². The van der Waals surface area contributed by atoms with Gasteiger partial charge in [0.25, 0.3) is 5.91 Å². The zero-order valence-electron chi connectivity index (χ0n) is 19.6. The molecule has 1 fully saturated rings. The molecule has 0 aliphatic carbocycles. The number of ether oxygens (including phenoxy) is 2. The Labute approximate surface area is 215 Å². The number of hydrogen-bond acceptors (Lipinski definition) is 6. The van der Waals surface area contributed by atoms with Gasteiger partial charge in [0.1, 0.15) is 11.9 Å². The molecule has 9 heteroatoms. The smallest absolute Gasteiger partial charge is 0.295 e. The first-order chi connectivity index (χ1) is 17.3. The van der Waals surface area contributed by atoms with E-state index in [0.29, 0.717) is 27.8 Å². The number of rotatable bonds is 5. The molecule has 8 nitrogen and oxygen atoms in total. The van der Waals surface area contributed by atoms with Crippen molar-refractivity contribution < 1.29 is 34.3 Å². The molecule has 0 radical (unpaired) electrons. The molecule has 0 spiro atoms. The number of H-pyrrole nitrogens is 1. The van der Waals surface area contributed by atoms with Crippen molar-refractivity contribution in [3.63, 3.8) is 0 Å². The maximum absolute atomic E-state index is 13.8. The quantitative estimate of drug-likeness (QED) is 0.297. The average molecular weight is 551 g/mol. The summed E-state index contributed by atoms with van der Waals surface area (Å²) in [5.41, 5.74) is 2.29. The van der Waals surface area contributed by atoms with Crippen LogP contribution >= 0.6 is 15.9 Å². The van der Waals surface area contributed by atoms with E-state index in [1.165, 1.54) is 18.1 Å². The van der Waals surface area contributed by atoms with Crippen molar-refractivity contribution in [1.29, 1.82) is 0 Å². The van der Waals surface area contributed by atoms with E-state index in [0.717, 1.165) is 11.1 Å². The number of carbonyl (C=O) groups is 2. The lowest BCUT2D eigenvalue weighted by Gasteiger charge is -2.28. The van der Waals surface area contributed by atoms with Crippen molar-refractivity contribution in [3.8, 4) is 17.2 Å². The number of carbonyl (C=O) groups excluding carboxylic acids is 2. The number of Topliss-reactive ketones (excluding diaryl/α,β-unsaturated/α-hetero) is 1.